The Bertz CT molecular complexity index is 105. The van der Waals surface area contributed by atoms with Crippen LogP contribution in [0.5, 0.6) is 0 Å². The van der Waals surface area contributed by atoms with Crippen LogP contribution in [0.25, 0.3) is 0 Å². The van der Waals surface area contributed by atoms with Gasteiger partial charge in [0.15, 0.2) is 0 Å². The van der Waals surface area contributed by atoms with Crippen molar-refractivity contribution in [2.24, 2.45) is 11.5 Å². The van der Waals surface area contributed by atoms with Crippen LogP contribution in [0, 0.1) is 0 Å². The first kappa shape index (κ1) is 18.1. The monoisotopic (exact) mass is 214 g/mol. The molecule has 0 spiro atoms. The summed E-state index contributed by atoms with van der Waals surface area (Å²) < 4.78 is 0. The third-order valence-corrected chi connectivity index (χ3v) is 1.49. The number of allylic oxidation sites excluding steroid dienone is 1. The fourth-order valence-corrected chi connectivity index (χ4v) is 0.635. The van der Waals surface area contributed by atoms with Crippen LogP contribution in [-0.4, -0.2) is 12.1 Å². The van der Waals surface area contributed by atoms with Gasteiger partial charge >= 0.3 is 0 Å². The first-order valence-corrected chi connectivity index (χ1v) is 3.84. The summed E-state index contributed by atoms with van der Waals surface area (Å²) in [6, 6.07) is 0.212. The highest BCUT2D eigenvalue weighted by Gasteiger charge is 2.03. The van der Waals surface area contributed by atoms with Crippen LogP contribution < -0.4 is 11.5 Å². The molecular weight excluding hydrogens is 195 g/mol. The van der Waals surface area contributed by atoms with Crippen LogP contribution in [0.3, 0.4) is 0 Å². The zero-order chi connectivity index (χ0) is 7.98. The van der Waals surface area contributed by atoms with Crippen LogP contribution >= 0.6 is 24.8 Å². The van der Waals surface area contributed by atoms with Gasteiger partial charge in [0.25, 0.3) is 0 Å². The Morgan fingerprint density at radius 2 is 1.67 bits per heavy atom. The van der Waals surface area contributed by atoms with Gasteiger partial charge < -0.3 is 11.5 Å². The van der Waals surface area contributed by atoms with Crippen LogP contribution in [-0.2, 0) is 0 Å². The zero-order valence-corrected chi connectivity index (χ0v) is 9.33. The van der Waals surface area contributed by atoms with Crippen molar-refractivity contribution in [3.8, 4) is 0 Å². The molecule has 2 unspecified atom stereocenters. The predicted molar refractivity (Wildman–Crippen MR) is 60.2 cm³/mol. The van der Waals surface area contributed by atoms with Gasteiger partial charge in [-0.1, -0.05) is 19.1 Å². The number of halogens is 2. The van der Waals surface area contributed by atoms with E-state index in [-0.39, 0.29) is 36.9 Å². The van der Waals surface area contributed by atoms with Crippen molar-refractivity contribution < 1.29 is 0 Å². The maximum absolute atomic E-state index is 5.68. The fourth-order valence-electron chi connectivity index (χ4n) is 0.635. The van der Waals surface area contributed by atoms with E-state index in [0.717, 1.165) is 12.8 Å². The zero-order valence-electron chi connectivity index (χ0n) is 7.69. The van der Waals surface area contributed by atoms with Crippen LogP contribution in [0.4, 0.5) is 0 Å². The second-order valence-electron chi connectivity index (χ2n) is 2.64. The lowest BCUT2D eigenvalue weighted by atomic mass is 10.1. The van der Waals surface area contributed by atoms with Gasteiger partial charge in [-0.05, 0) is 19.8 Å². The first-order valence-electron chi connectivity index (χ1n) is 3.84. The molecule has 0 aromatic heterocycles. The Morgan fingerprint density at radius 3 is 2.00 bits per heavy atom. The topological polar surface area (TPSA) is 52.0 Å². The normalized spacial score (nSPS) is 14.7. The molecule has 4 heteroatoms. The summed E-state index contributed by atoms with van der Waals surface area (Å²) >= 11 is 0. The molecule has 0 rings (SSSR count). The molecule has 0 heterocycles. The Kier molecular flexibility index (Phi) is 17.0. The quantitative estimate of drug-likeness (QED) is 0.703. The van der Waals surface area contributed by atoms with Crippen molar-refractivity contribution in [1.82, 2.24) is 0 Å². The molecule has 0 amide bonds. The molecule has 0 aromatic carbocycles. The lowest BCUT2D eigenvalue weighted by Gasteiger charge is -2.12. The molecule has 0 radical (unpaired) electrons. The first-order chi connectivity index (χ1) is 4.68. The molecule has 0 aliphatic rings. The van der Waals surface area contributed by atoms with Crippen molar-refractivity contribution in [2.75, 3.05) is 0 Å². The third-order valence-electron chi connectivity index (χ3n) is 1.49. The van der Waals surface area contributed by atoms with Gasteiger partial charge in [0.05, 0.1) is 0 Å². The number of hydrogen-bond acceptors (Lipinski definition) is 2. The molecule has 0 saturated heterocycles. The van der Waals surface area contributed by atoms with Gasteiger partial charge in [0.1, 0.15) is 0 Å². The molecule has 12 heavy (non-hydrogen) atoms. The van der Waals surface area contributed by atoms with Crippen molar-refractivity contribution >= 4 is 24.8 Å². The Hall–Kier alpha value is 0.240. The molecule has 0 aliphatic heterocycles. The molecule has 0 saturated carbocycles. The summed E-state index contributed by atoms with van der Waals surface area (Å²) in [4.78, 5) is 0. The summed E-state index contributed by atoms with van der Waals surface area (Å²) in [7, 11) is 0. The summed E-state index contributed by atoms with van der Waals surface area (Å²) in [6.45, 7) is 4.04. The molecule has 0 aliphatic carbocycles. The van der Waals surface area contributed by atoms with Crippen molar-refractivity contribution in [2.45, 2.75) is 38.8 Å². The standard InChI is InChI=1S/C8H18N2.2ClH/c1-3-4-5-6-8(10)7(2)9;;/h4-5,7-8H,3,6,9-10H2,1-2H3;2*1H/b5-4+;;. The van der Waals surface area contributed by atoms with Gasteiger partial charge in [-0.15, -0.1) is 24.8 Å². The van der Waals surface area contributed by atoms with Gasteiger partial charge in [0, 0.05) is 12.1 Å². The van der Waals surface area contributed by atoms with E-state index < -0.39 is 0 Å². The van der Waals surface area contributed by atoms with E-state index in [1.807, 2.05) is 6.92 Å². The molecule has 76 valence electrons. The second-order valence-corrected chi connectivity index (χ2v) is 2.64. The molecule has 4 N–H and O–H groups in total. The summed E-state index contributed by atoms with van der Waals surface area (Å²) in [6.07, 6.45) is 6.17. The van der Waals surface area contributed by atoms with E-state index in [0.29, 0.717) is 0 Å². The maximum atomic E-state index is 5.68. The van der Waals surface area contributed by atoms with Crippen LogP contribution in [0.2, 0.25) is 0 Å². The van der Waals surface area contributed by atoms with E-state index in [2.05, 4.69) is 19.1 Å². The second kappa shape index (κ2) is 11.2. The highest BCUT2D eigenvalue weighted by molar-refractivity contribution is 5.85. The minimum atomic E-state index is 0. The van der Waals surface area contributed by atoms with E-state index >= 15 is 0 Å². The molecular formula is C8H20Cl2N2. The Morgan fingerprint density at radius 1 is 1.17 bits per heavy atom. The van der Waals surface area contributed by atoms with E-state index in [1.54, 1.807) is 0 Å². The van der Waals surface area contributed by atoms with Gasteiger partial charge in [-0.25, -0.2) is 0 Å². The number of rotatable bonds is 4. The van der Waals surface area contributed by atoms with E-state index in [4.69, 9.17) is 11.5 Å². The summed E-state index contributed by atoms with van der Waals surface area (Å²) in [5, 5.41) is 0. The van der Waals surface area contributed by atoms with Gasteiger partial charge in [0.2, 0.25) is 0 Å². The SMILES string of the molecule is CC/C=C/CC(N)C(C)N.Cl.Cl. The van der Waals surface area contributed by atoms with Crippen LogP contribution in [0.1, 0.15) is 26.7 Å². The largest absolute Gasteiger partial charge is 0.327 e. The molecule has 0 fully saturated rings. The summed E-state index contributed by atoms with van der Waals surface area (Å²) in [5.74, 6) is 0. The van der Waals surface area contributed by atoms with Gasteiger partial charge in [-0.3, -0.25) is 0 Å². The molecule has 0 aromatic rings. The fraction of sp³-hybridized carbons (Fsp3) is 0.750. The van der Waals surface area contributed by atoms with Crippen molar-refractivity contribution in [3.63, 3.8) is 0 Å². The minimum absolute atomic E-state index is 0. The maximum Gasteiger partial charge on any atom is 0.0224 e. The average molecular weight is 215 g/mol. The molecule has 2 atom stereocenters. The van der Waals surface area contributed by atoms with Crippen molar-refractivity contribution in [3.05, 3.63) is 12.2 Å². The highest BCUT2D eigenvalue weighted by Crippen LogP contribution is 1.94. The van der Waals surface area contributed by atoms with E-state index in [1.165, 1.54) is 0 Å². The highest BCUT2D eigenvalue weighted by atomic mass is 35.5. The third kappa shape index (κ3) is 10.2. The van der Waals surface area contributed by atoms with Crippen LogP contribution in [0.15, 0.2) is 12.2 Å². The summed E-state index contributed by atoms with van der Waals surface area (Å²) in [5.41, 5.74) is 11.2. The number of hydrogen-bond donors (Lipinski definition) is 2. The smallest absolute Gasteiger partial charge is 0.0224 e. The lowest BCUT2D eigenvalue weighted by Crippen LogP contribution is -2.38. The minimum Gasteiger partial charge on any atom is -0.327 e. The van der Waals surface area contributed by atoms with Crippen molar-refractivity contribution in [1.29, 1.82) is 0 Å². The average Bonchev–Trinajstić information content (AvgIpc) is 1.88. The lowest BCUT2D eigenvalue weighted by molar-refractivity contribution is 0.565. The molecule has 2 nitrogen and oxygen atoms in total. The number of nitrogens with two attached hydrogens (primary N) is 2. The Balaban J connectivity index is -0.000000405. The van der Waals surface area contributed by atoms with E-state index in [9.17, 15) is 0 Å². The molecule has 0 bridgehead atoms. The predicted octanol–water partition coefficient (Wildman–Crippen LogP) is 1.86. The Labute approximate surface area is 87.6 Å². The van der Waals surface area contributed by atoms with Gasteiger partial charge in [-0.2, -0.15) is 0 Å².